The van der Waals surface area contributed by atoms with Gasteiger partial charge in [0.25, 0.3) is 0 Å². The van der Waals surface area contributed by atoms with Crippen LogP contribution in [0.25, 0.3) is 0 Å². The SMILES string of the molecule is CCOC(=O)c1ccc(N2C(=O)C3Sc4c(sc(=O)n4CC(=O)N4CCCCC4)C(c4cccc(Cl)c4Cl)C3C2=O)cc1. The van der Waals surface area contributed by atoms with Gasteiger partial charge < -0.3 is 9.64 Å². The summed E-state index contributed by atoms with van der Waals surface area (Å²) >= 11 is 15.2. The van der Waals surface area contributed by atoms with Crippen molar-refractivity contribution in [2.24, 2.45) is 5.92 Å². The summed E-state index contributed by atoms with van der Waals surface area (Å²) in [6.07, 6.45) is 2.91. The molecule has 3 aliphatic rings. The molecule has 0 aliphatic carbocycles. The summed E-state index contributed by atoms with van der Waals surface area (Å²) in [4.78, 5) is 70.0. The highest BCUT2D eigenvalue weighted by Gasteiger charge is 2.57. The van der Waals surface area contributed by atoms with E-state index in [-0.39, 0.29) is 34.0 Å². The molecule has 4 heterocycles. The van der Waals surface area contributed by atoms with Gasteiger partial charge in [-0.15, -0.1) is 0 Å². The molecule has 1 aromatic heterocycles. The van der Waals surface area contributed by atoms with E-state index in [1.54, 1.807) is 30.0 Å². The van der Waals surface area contributed by atoms with Crippen molar-refractivity contribution in [1.29, 1.82) is 0 Å². The van der Waals surface area contributed by atoms with Crippen molar-refractivity contribution in [3.8, 4) is 0 Å². The van der Waals surface area contributed by atoms with Gasteiger partial charge in [-0.25, -0.2) is 9.69 Å². The first-order chi connectivity index (χ1) is 20.7. The van der Waals surface area contributed by atoms with E-state index in [4.69, 9.17) is 27.9 Å². The standard InChI is InChI=1S/C30H27Cl2N3O6S2/c1-2-41-29(39)16-9-11-17(12-10-16)35-26(37)22-21(18-7-6-8-19(31)23(18)32)25-28(42-24(22)27(35)38)34(30(40)43-25)15-20(36)33-13-4-3-5-14-33/h6-12,21-22,24H,2-5,13-15H2,1H3. The van der Waals surface area contributed by atoms with Crippen molar-refractivity contribution >= 4 is 75.7 Å². The number of aromatic nitrogens is 1. The maximum absolute atomic E-state index is 14.1. The molecule has 0 bridgehead atoms. The number of fused-ring (bicyclic) bond motifs is 2. The first-order valence-electron chi connectivity index (χ1n) is 14.0. The zero-order chi connectivity index (χ0) is 30.4. The van der Waals surface area contributed by atoms with Gasteiger partial charge in [0.05, 0.1) is 38.8 Å². The fourth-order valence-electron chi connectivity index (χ4n) is 5.95. The fraction of sp³-hybridized carbons (Fsp3) is 0.367. The summed E-state index contributed by atoms with van der Waals surface area (Å²) in [5.41, 5.74) is 1.14. The molecule has 3 aromatic rings. The van der Waals surface area contributed by atoms with E-state index in [9.17, 15) is 24.0 Å². The van der Waals surface area contributed by atoms with Crippen LogP contribution < -0.4 is 9.77 Å². The number of esters is 1. The molecule has 6 rings (SSSR count). The molecule has 0 N–H and O–H groups in total. The maximum atomic E-state index is 14.1. The zero-order valence-corrected chi connectivity index (χ0v) is 26.2. The second-order valence-electron chi connectivity index (χ2n) is 10.5. The first kappa shape index (κ1) is 29.9. The van der Waals surface area contributed by atoms with Gasteiger partial charge in [0.2, 0.25) is 17.7 Å². The molecule has 3 amide bonds. The number of amides is 3. The molecule has 0 spiro atoms. The Morgan fingerprint density at radius 1 is 0.977 bits per heavy atom. The molecule has 13 heteroatoms. The molecular formula is C30H27Cl2N3O6S2. The van der Waals surface area contributed by atoms with Gasteiger partial charge in [-0.3, -0.25) is 23.7 Å². The van der Waals surface area contributed by atoms with Gasteiger partial charge in [-0.05, 0) is 62.1 Å². The Morgan fingerprint density at radius 2 is 1.70 bits per heavy atom. The van der Waals surface area contributed by atoms with Crippen LogP contribution in [0.5, 0.6) is 0 Å². The van der Waals surface area contributed by atoms with Crippen molar-refractivity contribution in [2.75, 3.05) is 24.6 Å². The number of nitrogens with zero attached hydrogens (tertiary/aromatic N) is 3. The topological polar surface area (TPSA) is 106 Å². The number of hydrogen-bond donors (Lipinski definition) is 0. The Kier molecular flexibility index (Phi) is 8.43. The average Bonchev–Trinajstić information content (AvgIpc) is 3.45. The number of piperidine rings is 1. The number of imide groups is 1. The first-order valence-corrected chi connectivity index (χ1v) is 16.4. The van der Waals surface area contributed by atoms with E-state index < -0.39 is 34.9 Å². The molecule has 2 saturated heterocycles. The third kappa shape index (κ3) is 5.30. The quantitative estimate of drug-likeness (QED) is 0.264. The number of anilines is 1. The van der Waals surface area contributed by atoms with E-state index in [1.165, 1.54) is 28.8 Å². The zero-order valence-electron chi connectivity index (χ0n) is 23.1. The Balaban J connectivity index is 1.41. The number of carbonyl (C=O) groups excluding carboxylic acids is 4. The molecular weight excluding hydrogens is 633 g/mol. The fourth-order valence-corrected chi connectivity index (χ4v) is 9.13. The summed E-state index contributed by atoms with van der Waals surface area (Å²) in [6.45, 7) is 3.07. The lowest BCUT2D eigenvalue weighted by atomic mass is 9.83. The highest BCUT2D eigenvalue weighted by atomic mass is 35.5. The lowest BCUT2D eigenvalue weighted by molar-refractivity contribution is -0.133. The van der Waals surface area contributed by atoms with Crippen LogP contribution in [-0.2, 0) is 25.7 Å². The molecule has 224 valence electrons. The minimum absolute atomic E-state index is 0.147. The molecule has 3 aliphatic heterocycles. The number of rotatable bonds is 6. The van der Waals surface area contributed by atoms with Crippen LogP contribution in [-0.4, -0.2) is 58.1 Å². The van der Waals surface area contributed by atoms with Crippen molar-refractivity contribution in [3.63, 3.8) is 0 Å². The molecule has 2 aromatic carbocycles. The van der Waals surface area contributed by atoms with Crippen LogP contribution in [0.2, 0.25) is 10.0 Å². The number of thiazole rings is 1. The predicted octanol–water partition coefficient (Wildman–Crippen LogP) is 5.20. The third-order valence-electron chi connectivity index (χ3n) is 8.00. The third-order valence-corrected chi connectivity index (χ3v) is 11.4. The summed E-state index contributed by atoms with van der Waals surface area (Å²) < 4.78 is 6.47. The van der Waals surface area contributed by atoms with Crippen LogP contribution >= 0.6 is 46.3 Å². The molecule has 3 unspecified atom stereocenters. The second-order valence-corrected chi connectivity index (χ2v) is 13.4. The Labute approximate surface area is 265 Å². The summed E-state index contributed by atoms with van der Waals surface area (Å²) in [7, 11) is 0. The lowest BCUT2D eigenvalue weighted by Crippen LogP contribution is -2.39. The number of carbonyl (C=O) groups is 4. The molecule has 2 fully saturated rings. The van der Waals surface area contributed by atoms with E-state index in [2.05, 4.69) is 0 Å². The van der Waals surface area contributed by atoms with Crippen molar-refractivity contribution in [3.05, 3.63) is 78.2 Å². The molecule has 0 radical (unpaired) electrons. The van der Waals surface area contributed by atoms with Gasteiger partial charge in [0.1, 0.15) is 11.8 Å². The molecule has 43 heavy (non-hydrogen) atoms. The molecule has 3 atom stereocenters. The largest absolute Gasteiger partial charge is 0.462 e. The minimum atomic E-state index is -0.880. The average molecular weight is 661 g/mol. The molecule has 9 nitrogen and oxygen atoms in total. The van der Waals surface area contributed by atoms with Crippen LogP contribution in [0.3, 0.4) is 0 Å². The minimum Gasteiger partial charge on any atom is -0.462 e. The lowest BCUT2D eigenvalue weighted by Gasteiger charge is -2.31. The van der Waals surface area contributed by atoms with Gasteiger partial charge >= 0.3 is 10.8 Å². The smallest absolute Gasteiger partial charge is 0.338 e. The highest BCUT2D eigenvalue weighted by Crippen LogP contribution is 2.55. The van der Waals surface area contributed by atoms with Crippen LogP contribution in [0.1, 0.15) is 52.9 Å². The monoisotopic (exact) mass is 659 g/mol. The highest BCUT2D eigenvalue weighted by molar-refractivity contribution is 8.00. The Bertz CT molecular complexity index is 1680. The van der Waals surface area contributed by atoms with Gasteiger partial charge in [0.15, 0.2) is 0 Å². The van der Waals surface area contributed by atoms with Crippen molar-refractivity contribution in [2.45, 2.75) is 48.9 Å². The van der Waals surface area contributed by atoms with Gasteiger partial charge in [-0.2, -0.15) is 0 Å². The summed E-state index contributed by atoms with van der Waals surface area (Å²) in [5.74, 6) is -3.18. The number of halogens is 2. The van der Waals surface area contributed by atoms with Gasteiger partial charge in [-0.1, -0.05) is 58.4 Å². The van der Waals surface area contributed by atoms with E-state index in [0.29, 0.717) is 39.8 Å². The van der Waals surface area contributed by atoms with E-state index >= 15 is 0 Å². The summed E-state index contributed by atoms with van der Waals surface area (Å²) in [5, 5.41) is 0.129. The van der Waals surface area contributed by atoms with Crippen LogP contribution in [0, 0.1) is 5.92 Å². The van der Waals surface area contributed by atoms with E-state index in [0.717, 1.165) is 47.3 Å². The second kappa shape index (κ2) is 12.1. The van der Waals surface area contributed by atoms with Crippen molar-refractivity contribution in [1.82, 2.24) is 9.47 Å². The van der Waals surface area contributed by atoms with Gasteiger partial charge in [0, 0.05) is 23.9 Å². The molecule has 0 saturated carbocycles. The Morgan fingerprint density at radius 3 is 2.40 bits per heavy atom. The van der Waals surface area contributed by atoms with Crippen LogP contribution in [0.4, 0.5) is 5.69 Å². The summed E-state index contributed by atoms with van der Waals surface area (Å²) in [6, 6.07) is 11.2. The number of ether oxygens (including phenoxy) is 1. The number of likely N-dealkylation sites (tertiary alicyclic amines) is 1. The number of benzene rings is 2. The Hall–Kier alpha value is -3.12. The van der Waals surface area contributed by atoms with E-state index in [1.807, 2.05) is 0 Å². The van der Waals surface area contributed by atoms with Crippen molar-refractivity contribution < 1.29 is 23.9 Å². The predicted molar refractivity (Wildman–Crippen MR) is 165 cm³/mol. The normalized spacial score (nSPS) is 21.5. The van der Waals surface area contributed by atoms with Crippen LogP contribution in [0.15, 0.2) is 52.3 Å². The maximum Gasteiger partial charge on any atom is 0.338 e. The number of hydrogen-bond acceptors (Lipinski definition) is 8. The number of thioether (sulfide) groups is 1.